The van der Waals surface area contributed by atoms with E-state index >= 15 is 0 Å². The third kappa shape index (κ3) is 5.33. The van der Waals surface area contributed by atoms with Gasteiger partial charge in [0, 0.05) is 29.1 Å². The minimum atomic E-state index is -0.177. The molecule has 0 radical (unpaired) electrons. The highest BCUT2D eigenvalue weighted by Crippen LogP contribution is 2.15. The minimum Gasteiger partial charge on any atom is -0.487 e. The maximum Gasteiger partial charge on any atom is 0.244 e. The Bertz CT molecular complexity index is 1170. The van der Waals surface area contributed by atoms with Crippen LogP contribution in [0.2, 0.25) is 0 Å². The molecule has 0 saturated heterocycles. The Morgan fingerprint density at radius 1 is 1.07 bits per heavy atom. The lowest BCUT2D eigenvalue weighted by Gasteiger charge is -2.05. The monoisotopic (exact) mass is 462 g/mol. The van der Waals surface area contributed by atoms with E-state index in [2.05, 4.69) is 31.2 Å². The predicted octanol–water partition coefficient (Wildman–Crippen LogP) is 4.40. The van der Waals surface area contributed by atoms with E-state index in [1.165, 1.54) is 6.08 Å². The number of imidazole rings is 1. The fraction of sp³-hybridized carbons (Fsp3) is 0.0870. The molecule has 0 bridgehead atoms. The second-order valence-electron chi connectivity index (χ2n) is 6.57. The number of halogens is 1. The molecule has 0 atom stereocenters. The number of pyridine rings is 2. The Balaban J connectivity index is 1.27. The zero-order valence-corrected chi connectivity index (χ0v) is 17.6. The molecule has 0 spiro atoms. The van der Waals surface area contributed by atoms with Crippen LogP contribution in [0, 0.1) is 0 Å². The van der Waals surface area contributed by atoms with Crippen molar-refractivity contribution in [2.45, 2.75) is 13.2 Å². The van der Waals surface area contributed by atoms with Gasteiger partial charge in [0.1, 0.15) is 18.0 Å². The molecule has 1 N–H and O–H groups in total. The Kier molecular flexibility index (Phi) is 6.20. The van der Waals surface area contributed by atoms with Gasteiger partial charge in [0.25, 0.3) is 0 Å². The maximum atomic E-state index is 12.1. The molecule has 0 aliphatic carbocycles. The molecule has 3 heterocycles. The fourth-order valence-electron chi connectivity index (χ4n) is 2.83. The molecule has 150 valence electrons. The Morgan fingerprint density at radius 3 is 2.73 bits per heavy atom. The van der Waals surface area contributed by atoms with Crippen molar-refractivity contribution in [2.24, 2.45) is 0 Å². The van der Waals surface area contributed by atoms with Crippen molar-refractivity contribution in [3.05, 3.63) is 101 Å². The molecule has 4 rings (SSSR count). The van der Waals surface area contributed by atoms with E-state index in [-0.39, 0.29) is 5.91 Å². The number of rotatable bonds is 7. The minimum absolute atomic E-state index is 0.177. The van der Waals surface area contributed by atoms with E-state index in [0.717, 1.165) is 32.8 Å². The first-order valence-corrected chi connectivity index (χ1v) is 10.2. The lowest BCUT2D eigenvalue weighted by atomic mass is 10.2. The number of fused-ring (bicyclic) bond motifs is 1. The summed E-state index contributed by atoms with van der Waals surface area (Å²) in [7, 11) is 0. The zero-order valence-electron chi connectivity index (χ0n) is 16.0. The fourth-order valence-corrected chi connectivity index (χ4v) is 3.18. The number of nitrogens with zero attached hydrogens (tertiary/aromatic N) is 3. The van der Waals surface area contributed by atoms with E-state index in [4.69, 9.17) is 4.74 Å². The second kappa shape index (κ2) is 9.37. The van der Waals surface area contributed by atoms with Crippen LogP contribution in [-0.4, -0.2) is 20.3 Å². The lowest BCUT2D eigenvalue weighted by Crippen LogP contribution is -2.20. The van der Waals surface area contributed by atoms with Gasteiger partial charge in [0.05, 0.1) is 17.9 Å². The van der Waals surface area contributed by atoms with Gasteiger partial charge in [-0.2, -0.15) is 0 Å². The Morgan fingerprint density at radius 2 is 1.93 bits per heavy atom. The molecule has 7 heteroatoms. The number of amides is 1. The van der Waals surface area contributed by atoms with Crippen molar-refractivity contribution in [1.29, 1.82) is 0 Å². The Labute approximate surface area is 182 Å². The largest absolute Gasteiger partial charge is 0.487 e. The van der Waals surface area contributed by atoms with Crippen molar-refractivity contribution in [1.82, 2.24) is 19.7 Å². The van der Waals surface area contributed by atoms with Crippen LogP contribution in [0.15, 0.2) is 83.7 Å². The molecule has 30 heavy (non-hydrogen) atoms. The first-order valence-electron chi connectivity index (χ1n) is 9.37. The number of hydrogen-bond donors (Lipinski definition) is 1. The molecule has 1 amide bonds. The van der Waals surface area contributed by atoms with Crippen LogP contribution in [-0.2, 0) is 17.9 Å². The quantitative estimate of drug-likeness (QED) is 0.413. The average Bonchev–Trinajstić information content (AvgIpc) is 3.18. The van der Waals surface area contributed by atoms with Gasteiger partial charge in [-0.1, -0.05) is 18.2 Å². The zero-order chi connectivity index (χ0) is 20.8. The summed E-state index contributed by atoms with van der Waals surface area (Å²) in [4.78, 5) is 20.8. The number of hydrogen-bond acceptors (Lipinski definition) is 4. The molecule has 1 aromatic carbocycles. The van der Waals surface area contributed by atoms with Gasteiger partial charge in [0.2, 0.25) is 5.91 Å². The summed E-state index contributed by atoms with van der Waals surface area (Å²) >= 11 is 3.43. The highest BCUT2D eigenvalue weighted by Gasteiger charge is 2.03. The molecule has 0 aliphatic rings. The molecule has 3 aromatic heterocycles. The molecule has 0 aliphatic heterocycles. The van der Waals surface area contributed by atoms with Crippen molar-refractivity contribution in [3.63, 3.8) is 0 Å². The normalized spacial score (nSPS) is 11.1. The number of carbonyl (C=O) groups is 1. The van der Waals surface area contributed by atoms with E-state index < -0.39 is 0 Å². The number of carbonyl (C=O) groups excluding carboxylic acids is 1. The highest BCUT2D eigenvalue weighted by molar-refractivity contribution is 9.10. The van der Waals surface area contributed by atoms with Crippen LogP contribution < -0.4 is 10.1 Å². The predicted molar refractivity (Wildman–Crippen MR) is 119 cm³/mol. The van der Waals surface area contributed by atoms with E-state index in [0.29, 0.717) is 13.2 Å². The van der Waals surface area contributed by atoms with E-state index in [9.17, 15) is 4.79 Å². The number of ether oxygens (including phenoxy) is 1. The van der Waals surface area contributed by atoms with Crippen LogP contribution >= 0.6 is 15.9 Å². The molecule has 0 fully saturated rings. The van der Waals surface area contributed by atoms with Crippen LogP contribution in [0.1, 0.15) is 17.0 Å². The molecule has 0 saturated carbocycles. The van der Waals surface area contributed by atoms with Crippen molar-refractivity contribution in [2.75, 3.05) is 0 Å². The van der Waals surface area contributed by atoms with E-state index in [1.54, 1.807) is 12.3 Å². The van der Waals surface area contributed by atoms with E-state index in [1.807, 2.05) is 71.4 Å². The van der Waals surface area contributed by atoms with Crippen molar-refractivity contribution in [3.8, 4) is 5.75 Å². The third-order valence-electron chi connectivity index (χ3n) is 4.33. The highest BCUT2D eigenvalue weighted by atomic mass is 79.9. The Hall–Kier alpha value is -3.45. The van der Waals surface area contributed by atoms with Crippen molar-refractivity contribution >= 4 is 33.6 Å². The number of nitrogens with one attached hydrogen (secondary N) is 1. The summed E-state index contributed by atoms with van der Waals surface area (Å²) in [6, 6.07) is 17.1. The smallest absolute Gasteiger partial charge is 0.244 e. The first kappa shape index (κ1) is 19.8. The van der Waals surface area contributed by atoms with Crippen LogP contribution in [0.3, 0.4) is 0 Å². The molecule has 0 unspecified atom stereocenters. The van der Waals surface area contributed by atoms with Crippen LogP contribution in [0.5, 0.6) is 5.75 Å². The number of aromatic nitrogens is 3. The molecule has 6 nitrogen and oxygen atoms in total. The van der Waals surface area contributed by atoms with Gasteiger partial charge in [-0.3, -0.25) is 9.78 Å². The SMILES string of the molecule is O=C(/C=C/c1ccc(OCc2ccccn2)cc1)NCc1cn2cc(Br)ccc2n1. The maximum absolute atomic E-state index is 12.1. The summed E-state index contributed by atoms with van der Waals surface area (Å²) in [5, 5.41) is 2.85. The summed E-state index contributed by atoms with van der Waals surface area (Å²) in [6.07, 6.45) is 8.84. The van der Waals surface area contributed by atoms with Gasteiger partial charge >= 0.3 is 0 Å². The standard InChI is InChI=1S/C23H19BrN4O2/c24-18-7-10-22-27-20(15-28(22)14-18)13-26-23(29)11-6-17-4-8-21(9-5-17)30-16-19-3-1-2-12-25-19/h1-12,14-15H,13,16H2,(H,26,29)/b11-6+. The average molecular weight is 463 g/mol. The summed E-state index contributed by atoms with van der Waals surface area (Å²) in [6.45, 7) is 0.779. The van der Waals surface area contributed by atoms with Crippen LogP contribution in [0.25, 0.3) is 11.7 Å². The van der Waals surface area contributed by atoms with Gasteiger partial charge in [0.15, 0.2) is 0 Å². The third-order valence-corrected chi connectivity index (χ3v) is 4.80. The second-order valence-corrected chi connectivity index (χ2v) is 7.49. The molecule has 4 aromatic rings. The number of benzene rings is 1. The van der Waals surface area contributed by atoms with Gasteiger partial charge in [-0.25, -0.2) is 4.98 Å². The van der Waals surface area contributed by atoms with Crippen molar-refractivity contribution < 1.29 is 9.53 Å². The van der Waals surface area contributed by atoms with Gasteiger partial charge in [-0.05, 0) is 64.0 Å². The van der Waals surface area contributed by atoms with Crippen LogP contribution in [0.4, 0.5) is 0 Å². The topological polar surface area (TPSA) is 68.5 Å². The van der Waals surface area contributed by atoms with Gasteiger partial charge < -0.3 is 14.5 Å². The molecular formula is C23H19BrN4O2. The first-order chi connectivity index (χ1) is 14.7. The summed E-state index contributed by atoms with van der Waals surface area (Å²) < 4.78 is 8.60. The van der Waals surface area contributed by atoms with Gasteiger partial charge in [-0.15, -0.1) is 0 Å². The summed E-state index contributed by atoms with van der Waals surface area (Å²) in [5.74, 6) is 0.574. The summed E-state index contributed by atoms with van der Waals surface area (Å²) in [5.41, 5.74) is 3.41. The lowest BCUT2D eigenvalue weighted by molar-refractivity contribution is -0.116. The molecular weight excluding hydrogens is 444 g/mol.